The smallest absolute Gasteiger partial charge is 0.225 e. The minimum atomic E-state index is -0.0188. The number of anilines is 1. The molecule has 4 heteroatoms. The Kier molecular flexibility index (Phi) is 2.55. The van der Waals surface area contributed by atoms with Gasteiger partial charge >= 0.3 is 0 Å². The molecule has 18 heavy (non-hydrogen) atoms. The molecule has 1 N–H and O–H groups in total. The van der Waals surface area contributed by atoms with Crippen LogP contribution < -0.4 is 10.1 Å². The van der Waals surface area contributed by atoms with Crippen LogP contribution in [-0.4, -0.2) is 13.0 Å². The molecule has 0 spiro atoms. The van der Waals surface area contributed by atoms with E-state index >= 15 is 0 Å². The van der Waals surface area contributed by atoms with Gasteiger partial charge in [0.05, 0.1) is 19.3 Å². The Hall–Kier alpha value is -2.23. The largest absolute Gasteiger partial charge is 0.497 e. The maximum atomic E-state index is 11.7. The fraction of sp³-hybridized carbons (Fsp3) is 0.214. The van der Waals surface area contributed by atoms with E-state index in [1.807, 2.05) is 30.3 Å². The molecule has 1 aliphatic rings. The lowest BCUT2D eigenvalue weighted by atomic mass is 9.88. The summed E-state index contributed by atoms with van der Waals surface area (Å²) in [6, 6.07) is 9.44. The number of carbonyl (C=O) groups is 1. The van der Waals surface area contributed by atoms with Crippen LogP contribution in [0.3, 0.4) is 0 Å². The lowest BCUT2D eigenvalue weighted by molar-refractivity contribution is -0.116. The van der Waals surface area contributed by atoms with Crippen LogP contribution in [0.15, 0.2) is 41.0 Å². The molecule has 0 saturated carbocycles. The second-order valence-electron chi connectivity index (χ2n) is 4.27. The minimum absolute atomic E-state index is 0.00264. The maximum Gasteiger partial charge on any atom is 0.225 e. The molecule has 0 aliphatic carbocycles. The third-order valence-corrected chi connectivity index (χ3v) is 3.19. The molecule has 2 heterocycles. The van der Waals surface area contributed by atoms with Gasteiger partial charge in [0.15, 0.2) is 0 Å². The first-order valence-corrected chi connectivity index (χ1v) is 5.79. The van der Waals surface area contributed by atoms with E-state index in [4.69, 9.17) is 9.15 Å². The van der Waals surface area contributed by atoms with E-state index < -0.39 is 0 Å². The van der Waals surface area contributed by atoms with E-state index in [2.05, 4.69) is 5.32 Å². The number of nitrogens with one attached hydrogen (secondary N) is 1. The maximum absolute atomic E-state index is 11.7. The molecule has 0 fully saturated rings. The number of rotatable bonds is 2. The highest BCUT2D eigenvalue weighted by Gasteiger charge is 2.28. The molecule has 0 saturated heterocycles. The third-order valence-electron chi connectivity index (χ3n) is 3.19. The van der Waals surface area contributed by atoms with Crippen LogP contribution in [0, 0.1) is 0 Å². The lowest BCUT2D eigenvalue weighted by Gasteiger charge is -2.24. The fourth-order valence-electron chi connectivity index (χ4n) is 2.31. The molecule has 3 rings (SSSR count). The summed E-state index contributed by atoms with van der Waals surface area (Å²) in [5.74, 6) is 1.53. The van der Waals surface area contributed by atoms with Gasteiger partial charge in [0.1, 0.15) is 11.5 Å². The monoisotopic (exact) mass is 243 g/mol. The van der Waals surface area contributed by atoms with Gasteiger partial charge in [-0.1, -0.05) is 6.07 Å². The zero-order valence-corrected chi connectivity index (χ0v) is 9.97. The van der Waals surface area contributed by atoms with Crippen molar-refractivity contribution in [3.8, 4) is 5.75 Å². The average Bonchev–Trinajstić information content (AvgIpc) is 2.90. The summed E-state index contributed by atoms with van der Waals surface area (Å²) >= 11 is 0. The fourth-order valence-corrected chi connectivity index (χ4v) is 2.31. The number of benzene rings is 1. The van der Waals surface area contributed by atoms with Crippen LogP contribution in [0.2, 0.25) is 0 Å². The number of ether oxygens (including phenoxy) is 1. The van der Waals surface area contributed by atoms with Gasteiger partial charge in [0.2, 0.25) is 5.91 Å². The van der Waals surface area contributed by atoms with Crippen molar-refractivity contribution in [1.29, 1.82) is 0 Å². The van der Waals surface area contributed by atoms with Crippen LogP contribution in [0.25, 0.3) is 0 Å². The van der Waals surface area contributed by atoms with Crippen LogP contribution in [-0.2, 0) is 4.79 Å². The van der Waals surface area contributed by atoms with Crippen molar-refractivity contribution < 1.29 is 13.9 Å². The number of methoxy groups -OCH3 is 1. The Morgan fingerprint density at radius 1 is 1.39 bits per heavy atom. The topological polar surface area (TPSA) is 51.5 Å². The highest BCUT2D eigenvalue weighted by molar-refractivity contribution is 5.95. The van der Waals surface area contributed by atoms with Crippen LogP contribution in [0.1, 0.15) is 23.7 Å². The number of fused-ring (bicyclic) bond motifs is 1. The Morgan fingerprint density at radius 3 is 3.00 bits per heavy atom. The first-order valence-electron chi connectivity index (χ1n) is 5.79. The predicted octanol–water partition coefficient (Wildman–Crippen LogP) is 2.76. The first kappa shape index (κ1) is 10.9. The normalized spacial score (nSPS) is 18.1. The van der Waals surface area contributed by atoms with Crippen LogP contribution in [0.4, 0.5) is 5.69 Å². The molecule has 1 aromatic heterocycles. The van der Waals surface area contributed by atoms with Crippen LogP contribution >= 0.6 is 0 Å². The summed E-state index contributed by atoms with van der Waals surface area (Å²) in [5, 5.41) is 2.87. The van der Waals surface area contributed by atoms with Gasteiger partial charge in [-0.3, -0.25) is 4.79 Å². The Labute approximate surface area is 105 Å². The van der Waals surface area contributed by atoms with Gasteiger partial charge < -0.3 is 14.5 Å². The van der Waals surface area contributed by atoms with Crippen LogP contribution in [0.5, 0.6) is 5.75 Å². The SMILES string of the molecule is COc1ccc2c(c1)NC(=O)CC2c1ccco1. The summed E-state index contributed by atoms with van der Waals surface area (Å²) < 4.78 is 10.6. The van der Waals surface area contributed by atoms with Gasteiger partial charge in [0, 0.05) is 18.2 Å². The van der Waals surface area contributed by atoms with Crippen molar-refractivity contribution in [3.63, 3.8) is 0 Å². The molecule has 1 aliphatic heterocycles. The van der Waals surface area contributed by atoms with Crippen molar-refractivity contribution >= 4 is 11.6 Å². The molecule has 2 aromatic rings. The van der Waals surface area contributed by atoms with Crippen molar-refractivity contribution in [1.82, 2.24) is 0 Å². The molecule has 92 valence electrons. The van der Waals surface area contributed by atoms with Crippen molar-refractivity contribution in [2.24, 2.45) is 0 Å². The number of amides is 1. The molecular weight excluding hydrogens is 230 g/mol. The first-order chi connectivity index (χ1) is 8.78. The average molecular weight is 243 g/mol. The minimum Gasteiger partial charge on any atom is -0.497 e. The Bertz CT molecular complexity index is 575. The van der Waals surface area contributed by atoms with Gasteiger partial charge in [0.25, 0.3) is 0 Å². The van der Waals surface area contributed by atoms with E-state index in [1.54, 1.807) is 13.4 Å². The van der Waals surface area contributed by atoms with E-state index in [1.165, 1.54) is 0 Å². The highest BCUT2D eigenvalue weighted by atomic mass is 16.5. The number of hydrogen-bond donors (Lipinski definition) is 1. The number of furan rings is 1. The standard InChI is InChI=1S/C14H13NO3/c1-17-9-4-5-10-11(13-3-2-6-18-13)8-14(16)15-12(10)7-9/h2-7,11H,8H2,1H3,(H,15,16). The van der Waals surface area contributed by atoms with Gasteiger partial charge in [-0.2, -0.15) is 0 Å². The van der Waals surface area contributed by atoms with E-state index in [0.717, 1.165) is 22.8 Å². The zero-order valence-electron chi connectivity index (χ0n) is 9.97. The van der Waals surface area contributed by atoms with Gasteiger partial charge in [-0.05, 0) is 23.8 Å². The molecule has 0 bridgehead atoms. The predicted molar refractivity (Wildman–Crippen MR) is 66.8 cm³/mol. The Morgan fingerprint density at radius 2 is 2.28 bits per heavy atom. The summed E-state index contributed by atoms with van der Waals surface area (Å²) in [5.41, 5.74) is 1.86. The third kappa shape index (κ3) is 1.76. The van der Waals surface area contributed by atoms with E-state index in [0.29, 0.717) is 6.42 Å². The Balaban J connectivity index is 2.08. The van der Waals surface area contributed by atoms with Crippen molar-refractivity contribution in [2.45, 2.75) is 12.3 Å². The van der Waals surface area contributed by atoms with Crippen molar-refractivity contribution in [3.05, 3.63) is 47.9 Å². The summed E-state index contributed by atoms with van der Waals surface area (Å²) in [4.78, 5) is 11.7. The number of carbonyl (C=O) groups excluding carboxylic acids is 1. The molecule has 1 unspecified atom stereocenters. The summed E-state index contributed by atoms with van der Waals surface area (Å²) in [6.45, 7) is 0. The molecule has 1 aromatic carbocycles. The molecular formula is C14H13NO3. The second-order valence-corrected chi connectivity index (χ2v) is 4.27. The van der Waals surface area contributed by atoms with Gasteiger partial charge in [-0.25, -0.2) is 0 Å². The van der Waals surface area contributed by atoms with E-state index in [9.17, 15) is 4.79 Å². The molecule has 0 radical (unpaired) electrons. The second kappa shape index (κ2) is 4.22. The quantitative estimate of drug-likeness (QED) is 0.882. The molecule has 1 amide bonds. The summed E-state index contributed by atoms with van der Waals surface area (Å²) in [6.07, 6.45) is 2.04. The highest BCUT2D eigenvalue weighted by Crippen LogP contribution is 2.38. The van der Waals surface area contributed by atoms with Crippen molar-refractivity contribution in [2.75, 3.05) is 12.4 Å². The number of hydrogen-bond acceptors (Lipinski definition) is 3. The van der Waals surface area contributed by atoms with E-state index in [-0.39, 0.29) is 11.8 Å². The summed E-state index contributed by atoms with van der Waals surface area (Å²) in [7, 11) is 1.61. The van der Waals surface area contributed by atoms with Gasteiger partial charge in [-0.15, -0.1) is 0 Å². The molecule has 4 nitrogen and oxygen atoms in total. The lowest BCUT2D eigenvalue weighted by Crippen LogP contribution is -2.23. The zero-order chi connectivity index (χ0) is 12.5. The molecule has 1 atom stereocenters.